The van der Waals surface area contributed by atoms with Gasteiger partial charge in [0.25, 0.3) is 5.56 Å². The van der Waals surface area contributed by atoms with Gasteiger partial charge >= 0.3 is 0 Å². The highest BCUT2D eigenvalue weighted by Crippen LogP contribution is 2.17. The Balaban J connectivity index is 2.58. The fraction of sp³-hybridized carbons (Fsp3) is 0.333. The second-order valence-electron chi connectivity index (χ2n) is 3.72. The quantitative estimate of drug-likeness (QED) is 0.671. The molecule has 0 aliphatic rings. The first-order chi connectivity index (χ1) is 7.59. The van der Waals surface area contributed by atoms with Gasteiger partial charge in [-0.05, 0) is 5.92 Å². The highest BCUT2D eigenvalue weighted by Gasteiger charge is 2.14. The minimum absolute atomic E-state index is 0.0302. The molecule has 0 unspecified atom stereocenters. The first-order valence-electron chi connectivity index (χ1n) is 4.85. The molecule has 0 fully saturated rings. The molecule has 0 amide bonds. The molecule has 0 radical (unpaired) electrons. The van der Waals surface area contributed by atoms with Crippen LogP contribution in [-0.2, 0) is 0 Å². The second kappa shape index (κ2) is 3.76. The van der Waals surface area contributed by atoms with Crippen molar-refractivity contribution in [1.82, 2.24) is 25.4 Å². The van der Waals surface area contributed by atoms with Crippen LogP contribution in [0.5, 0.6) is 0 Å². The van der Waals surface area contributed by atoms with Crippen molar-refractivity contribution in [2.75, 3.05) is 5.73 Å². The van der Waals surface area contributed by atoms with Crippen LogP contribution >= 0.6 is 0 Å². The number of nitrogens with zero attached hydrogens (tertiary/aromatic N) is 3. The summed E-state index contributed by atoms with van der Waals surface area (Å²) in [6.45, 7) is 3.77. The van der Waals surface area contributed by atoms with Gasteiger partial charge in [-0.15, -0.1) is 0 Å². The molecule has 16 heavy (non-hydrogen) atoms. The predicted molar refractivity (Wildman–Crippen MR) is 58.7 cm³/mol. The van der Waals surface area contributed by atoms with E-state index in [1.807, 2.05) is 13.8 Å². The average Bonchev–Trinajstić information content (AvgIpc) is 2.67. The number of anilines is 1. The lowest BCUT2D eigenvalue weighted by Crippen LogP contribution is -2.19. The molecular weight excluding hydrogens is 208 g/mol. The predicted octanol–water partition coefficient (Wildman–Crippen LogP) is 0.261. The second-order valence-corrected chi connectivity index (χ2v) is 3.72. The van der Waals surface area contributed by atoms with Crippen LogP contribution in [0, 0.1) is 0 Å². The van der Waals surface area contributed by atoms with Crippen molar-refractivity contribution in [2.24, 2.45) is 0 Å². The normalized spacial score (nSPS) is 10.9. The molecule has 2 rings (SSSR count). The number of aromatic nitrogens is 5. The van der Waals surface area contributed by atoms with Gasteiger partial charge in [-0.1, -0.05) is 13.8 Å². The summed E-state index contributed by atoms with van der Waals surface area (Å²) in [6, 6.07) is 0. The van der Waals surface area contributed by atoms with Crippen molar-refractivity contribution >= 4 is 5.82 Å². The molecular formula is C9H12N6O. The van der Waals surface area contributed by atoms with Gasteiger partial charge in [0.15, 0.2) is 5.82 Å². The van der Waals surface area contributed by atoms with Gasteiger partial charge in [-0.2, -0.15) is 15.4 Å². The van der Waals surface area contributed by atoms with Crippen molar-refractivity contribution in [3.8, 4) is 11.5 Å². The number of aromatic amines is 2. The number of hydrogen-bond acceptors (Lipinski definition) is 5. The minimum Gasteiger partial charge on any atom is -0.383 e. The van der Waals surface area contributed by atoms with Crippen molar-refractivity contribution in [3.63, 3.8) is 0 Å². The fourth-order valence-electron chi connectivity index (χ4n) is 1.49. The maximum atomic E-state index is 11.8. The molecule has 7 nitrogen and oxygen atoms in total. The summed E-state index contributed by atoms with van der Waals surface area (Å²) in [6.07, 6.45) is 1.47. The maximum absolute atomic E-state index is 11.8. The number of nitrogens with two attached hydrogens (primary N) is 1. The third kappa shape index (κ3) is 1.67. The van der Waals surface area contributed by atoms with Gasteiger partial charge < -0.3 is 10.7 Å². The Kier molecular flexibility index (Phi) is 2.43. The topological polar surface area (TPSA) is 113 Å². The van der Waals surface area contributed by atoms with Crippen LogP contribution in [0.3, 0.4) is 0 Å². The molecule has 0 aromatic carbocycles. The lowest BCUT2D eigenvalue weighted by atomic mass is 10.1. The van der Waals surface area contributed by atoms with E-state index >= 15 is 0 Å². The van der Waals surface area contributed by atoms with Gasteiger partial charge in [-0.25, -0.2) is 4.98 Å². The number of H-pyrrole nitrogens is 2. The summed E-state index contributed by atoms with van der Waals surface area (Å²) in [5, 5.41) is 9.90. The molecule has 0 saturated carbocycles. The van der Waals surface area contributed by atoms with E-state index in [9.17, 15) is 4.79 Å². The van der Waals surface area contributed by atoms with Crippen molar-refractivity contribution in [3.05, 3.63) is 22.1 Å². The molecule has 2 aromatic heterocycles. The zero-order valence-electron chi connectivity index (χ0n) is 8.98. The Morgan fingerprint density at radius 2 is 2.19 bits per heavy atom. The Morgan fingerprint density at radius 1 is 1.44 bits per heavy atom. The molecule has 0 saturated heterocycles. The van der Waals surface area contributed by atoms with E-state index in [1.165, 1.54) is 6.20 Å². The van der Waals surface area contributed by atoms with E-state index in [-0.39, 0.29) is 17.3 Å². The summed E-state index contributed by atoms with van der Waals surface area (Å²) in [5.41, 5.74) is 6.45. The van der Waals surface area contributed by atoms with Crippen molar-refractivity contribution < 1.29 is 0 Å². The third-order valence-electron chi connectivity index (χ3n) is 2.22. The first kappa shape index (κ1) is 10.3. The Labute approximate surface area is 91.1 Å². The van der Waals surface area contributed by atoms with E-state index in [2.05, 4.69) is 25.4 Å². The Hall–Kier alpha value is -2.18. The molecule has 4 N–H and O–H groups in total. The fourth-order valence-corrected chi connectivity index (χ4v) is 1.49. The highest BCUT2D eigenvalue weighted by molar-refractivity contribution is 5.52. The molecule has 0 aliphatic heterocycles. The van der Waals surface area contributed by atoms with Crippen molar-refractivity contribution in [2.45, 2.75) is 19.8 Å². The summed E-state index contributed by atoms with van der Waals surface area (Å²) in [7, 11) is 0. The minimum atomic E-state index is -0.236. The van der Waals surface area contributed by atoms with E-state index < -0.39 is 0 Å². The molecule has 7 heteroatoms. The first-order valence-corrected chi connectivity index (χ1v) is 4.85. The van der Waals surface area contributed by atoms with Crippen LogP contribution in [0.15, 0.2) is 11.0 Å². The van der Waals surface area contributed by atoms with Gasteiger partial charge in [0.2, 0.25) is 0 Å². The van der Waals surface area contributed by atoms with E-state index in [0.717, 1.165) is 0 Å². The smallest absolute Gasteiger partial charge is 0.256 e. The number of hydrogen-bond donors (Lipinski definition) is 3. The monoisotopic (exact) mass is 220 g/mol. The lowest BCUT2D eigenvalue weighted by molar-refractivity contribution is 0.836. The number of nitrogens with one attached hydrogen (secondary N) is 2. The molecule has 2 aromatic rings. The zero-order valence-corrected chi connectivity index (χ0v) is 8.98. The van der Waals surface area contributed by atoms with Gasteiger partial charge in [0, 0.05) is 0 Å². The average molecular weight is 220 g/mol. The van der Waals surface area contributed by atoms with Gasteiger partial charge in [-0.3, -0.25) is 4.79 Å². The van der Waals surface area contributed by atoms with Crippen LogP contribution in [0.4, 0.5) is 5.82 Å². The maximum Gasteiger partial charge on any atom is 0.256 e. The molecule has 0 atom stereocenters. The Bertz CT molecular complexity index is 542. The van der Waals surface area contributed by atoms with Gasteiger partial charge in [0.05, 0.1) is 11.8 Å². The number of rotatable bonds is 2. The van der Waals surface area contributed by atoms with E-state index in [4.69, 9.17) is 5.73 Å². The summed E-state index contributed by atoms with van der Waals surface area (Å²) in [5.74, 6) is 0.583. The Morgan fingerprint density at radius 3 is 2.69 bits per heavy atom. The lowest BCUT2D eigenvalue weighted by Gasteiger charge is -2.07. The van der Waals surface area contributed by atoms with Crippen LogP contribution in [0.1, 0.15) is 25.3 Å². The summed E-state index contributed by atoms with van der Waals surface area (Å²) < 4.78 is 0. The van der Waals surface area contributed by atoms with Crippen molar-refractivity contribution in [1.29, 1.82) is 0 Å². The number of nitrogen functional groups attached to an aromatic ring is 1. The molecule has 0 aliphatic carbocycles. The van der Waals surface area contributed by atoms with Crippen LogP contribution in [0.2, 0.25) is 0 Å². The zero-order chi connectivity index (χ0) is 11.7. The standard InChI is InChI=1S/C9H12N6O/c1-4(2)6-7(10)12-8(13-9(6)16)5-3-11-15-14-5/h3-4H,1-2H3,(H,11,14,15)(H3,10,12,13,16). The largest absolute Gasteiger partial charge is 0.383 e. The molecule has 0 bridgehead atoms. The van der Waals surface area contributed by atoms with Crippen LogP contribution < -0.4 is 11.3 Å². The van der Waals surface area contributed by atoms with Crippen LogP contribution in [-0.4, -0.2) is 25.4 Å². The molecule has 0 spiro atoms. The third-order valence-corrected chi connectivity index (χ3v) is 2.22. The SMILES string of the molecule is CC(C)c1c(N)nc(-c2cn[nH]n2)[nH]c1=O. The summed E-state index contributed by atoms with van der Waals surface area (Å²) in [4.78, 5) is 18.5. The summed E-state index contributed by atoms with van der Waals surface area (Å²) >= 11 is 0. The molecule has 2 heterocycles. The highest BCUT2D eigenvalue weighted by atomic mass is 16.1. The molecule has 84 valence electrons. The van der Waals surface area contributed by atoms with E-state index in [1.54, 1.807) is 0 Å². The van der Waals surface area contributed by atoms with E-state index in [0.29, 0.717) is 17.1 Å². The van der Waals surface area contributed by atoms with Gasteiger partial charge in [0.1, 0.15) is 11.5 Å². The van der Waals surface area contributed by atoms with Crippen LogP contribution in [0.25, 0.3) is 11.5 Å².